The van der Waals surface area contributed by atoms with Crippen LogP contribution in [-0.4, -0.2) is 22.8 Å². The summed E-state index contributed by atoms with van der Waals surface area (Å²) >= 11 is 0. The van der Waals surface area contributed by atoms with Gasteiger partial charge in [-0.2, -0.15) is 13.2 Å². The summed E-state index contributed by atoms with van der Waals surface area (Å²) in [5, 5.41) is 0. The lowest BCUT2D eigenvalue weighted by molar-refractivity contribution is -0.138. The Labute approximate surface area is 239 Å². The predicted molar refractivity (Wildman–Crippen MR) is 152 cm³/mol. The summed E-state index contributed by atoms with van der Waals surface area (Å²) in [4.78, 5) is 27.1. The largest absolute Gasteiger partial charge is 0.494 e. The molecule has 3 aromatic carbocycles. The van der Waals surface area contributed by atoms with Gasteiger partial charge in [0.2, 0.25) is 0 Å². The number of rotatable bonds is 8. The monoisotopic (exact) mass is 589 g/mol. The van der Waals surface area contributed by atoms with Gasteiger partial charge >= 0.3 is 11.9 Å². The average molecular weight is 590 g/mol. The Bertz CT molecular complexity index is 1630. The highest BCUT2D eigenvalue weighted by molar-refractivity contribution is 5.67. The topological polar surface area (TPSA) is 79.2 Å². The van der Waals surface area contributed by atoms with Gasteiger partial charge in [0, 0.05) is 23.4 Å². The van der Waals surface area contributed by atoms with E-state index in [1.54, 1.807) is 30.3 Å². The van der Waals surface area contributed by atoms with Crippen molar-refractivity contribution in [3.8, 4) is 16.9 Å². The molecule has 0 fully saturated rings. The van der Waals surface area contributed by atoms with Crippen LogP contribution in [-0.2, 0) is 25.7 Å². The first kappa shape index (κ1) is 32.3. The molecule has 4 aromatic rings. The van der Waals surface area contributed by atoms with Crippen LogP contribution in [0, 0.1) is 18.6 Å². The number of aryl methyl sites for hydroxylation is 1. The molecular weight excluding hydrogens is 557 g/mol. The Morgan fingerprint density at radius 3 is 2.14 bits per heavy atom. The van der Waals surface area contributed by atoms with Crippen molar-refractivity contribution in [1.29, 1.82) is 0 Å². The Balaban J connectivity index is 0.00000114. The molecule has 0 saturated carbocycles. The number of hydrogen-bond acceptors (Lipinski definition) is 4. The zero-order valence-corrected chi connectivity index (χ0v) is 23.5. The van der Waals surface area contributed by atoms with Gasteiger partial charge in [-0.15, -0.1) is 0 Å². The minimum Gasteiger partial charge on any atom is -0.494 e. The second-order valence-electron chi connectivity index (χ2n) is 9.40. The fourth-order valence-corrected chi connectivity index (χ4v) is 4.38. The molecule has 0 aliphatic heterocycles. The zero-order chi connectivity index (χ0) is 31.0. The number of halogens is 5. The Morgan fingerprint density at radius 1 is 0.905 bits per heavy atom. The summed E-state index contributed by atoms with van der Waals surface area (Å²) in [7, 11) is 1.24. The molecule has 224 valence electrons. The van der Waals surface area contributed by atoms with Gasteiger partial charge in [-0.05, 0) is 50.1 Å². The van der Waals surface area contributed by atoms with E-state index in [1.165, 1.54) is 32.2 Å². The first-order valence-electron chi connectivity index (χ1n) is 13.2. The van der Waals surface area contributed by atoms with E-state index in [9.17, 15) is 27.2 Å². The third-order valence-electron chi connectivity index (χ3n) is 6.64. The number of hydrogen-bond donors (Lipinski definition) is 1. The average Bonchev–Trinajstić information content (AvgIpc) is 2.97. The van der Waals surface area contributed by atoms with Crippen molar-refractivity contribution in [3.63, 3.8) is 0 Å². The van der Waals surface area contributed by atoms with Crippen molar-refractivity contribution < 1.29 is 26.7 Å². The zero-order valence-electron chi connectivity index (χ0n) is 23.5. The van der Waals surface area contributed by atoms with Crippen LogP contribution >= 0.6 is 0 Å². The quantitative estimate of drug-likeness (QED) is 0.258. The highest BCUT2D eigenvalue weighted by atomic mass is 19.4. The van der Waals surface area contributed by atoms with Gasteiger partial charge in [0.05, 0.1) is 24.8 Å². The van der Waals surface area contributed by atoms with Crippen LogP contribution in [0.4, 0.5) is 22.0 Å². The number of aromatic nitrogens is 2. The predicted octanol–water partition coefficient (Wildman–Crippen LogP) is 5.94. The smallest absolute Gasteiger partial charge is 0.416 e. The Morgan fingerprint density at radius 2 is 1.55 bits per heavy atom. The van der Waals surface area contributed by atoms with Gasteiger partial charge in [0.15, 0.2) is 11.6 Å². The highest BCUT2D eigenvalue weighted by Crippen LogP contribution is 2.34. The number of ether oxygens (including phenoxy) is 1. The summed E-state index contributed by atoms with van der Waals surface area (Å²) < 4.78 is 77.8. The molecule has 1 aromatic heterocycles. The molecule has 42 heavy (non-hydrogen) atoms. The summed E-state index contributed by atoms with van der Waals surface area (Å²) in [6.07, 6.45) is -3.55. The van der Waals surface area contributed by atoms with Gasteiger partial charge in [-0.1, -0.05) is 55.5 Å². The number of benzene rings is 3. The molecule has 0 aliphatic carbocycles. The van der Waals surface area contributed by atoms with E-state index in [2.05, 4.69) is 6.92 Å². The maximum absolute atomic E-state index is 15.3. The van der Waals surface area contributed by atoms with Crippen molar-refractivity contribution in [3.05, 3.63) is 122 Å². The molecule has 1 heterocycles. The molecule has 11 heteroatoms. The lowest BCUT2D eigenvalue weighted by atomic mass is 10.0. The minimum atomic E-state index is -4.89. The second-order valence-corrected chi connectivity index (χ2v) is 9.40. The van der Waals surface area contributed by atoms with E-state index in [-0.39, 0.29) is 35.5 Å². The van der Waals surface area contributed by atoms with Gasteiger partial charge in [0.25, 0.3) is 5.56 Å². The molecule has 2 N–H and O–H groups in total. The van der Waals surface area contributed by atoms with Crippen LogP contribution in [0.25, 0.3) is 11.1 Å². The highest BCUT2D eigenvalue weighted by Gasteiger charge is 2.35. The fraction of sp³-hybridized carbons (Fsp3) is 0.290. The molecule has 0 amide bonds. The van der Waals surface area contributed by atoms with Crippen LogP contribution in [0.1, 0.15) is 35.7 Å². The molecule has 0 radical (unpaired) electrons. The number of nitrogens with two attached hydrogens (primary N) is 1. The van der Waals surface area contributed by atoms with Crippen LogP contribution in [0.3, 0.4) is 0 Å². The van der Waals surface area contributed by atoms with E-state index >= 15 is 4.39 Å². The summed E-state index contributed by atoms with van der Waals surface area (Å²) in [6.45, 7) is 3.23. The third kappa shape index (κ3) is 7.14. The summed E-state index contributed by atoms with van der Waals surface area (Å²) in [5.41, 5.74) is 1.50. The Kier molecular flexibility index (Phi) is 10.8. The van der Waals surface area contributed by atoms with Gasteiger partial charge < -0.3 is 10.5 Å². The standard InChI is InChI=1S/C28H23F5N2O3.C3H9N/c1-17-24(19-10-6-13-23(38-2)25(19)30)26(36)34(15-14-18-8-4-3-5-9-18)27(37)35(17)16-20-21(28(31,32)33)11-7-12-22(20)29;1-2-3-4/h3-13H,14-16H2,1-2H3;2-4H2,1H3. The van der Waals surface area contributed by atoms with Crippen LogP contribution in [0.2, 0.25) is 0 Å². The SMILES string of the molecule is CCCN.COc1cccc(-c2c(C)n(Cc3c(F)cccc3C(F)(F)F)c(=O)n(CCc3ccccc3)c2=O)c1F. The lowest BCUT2D eigenvalue weighted by Gasteiger charge is -2.20. The first-order chi connectivity index (χ1) is 20.0. The molecule has 4 rings (SSSR count). The van der Waals surface area contributed by atoms with Crippen molar-refractivity contribution in [2.45, 2.75) is 46.0 Å². The van der Waals surface area contributed by atoms with E-state index in [1.807, 2.05) is 0 Å². The molecule has 0 unspecified atom stereocenters. The third-order valence-corrected chi connectivity index (χ3v) is 6.64. The molecule has 0 atom stereocenters. The van der Waals surface area contributed by atoms with Crippen molar-refractivity contribution in [2.75, 3.05) is 13.7 Å². The van der Waals surface area contributed by atoms with E-state index < -0.39 is 46.7 Å². The second kappa shape index (κ2) is 14.1. The van der Waals surface area contributed by atoms with E-state index in [0.717, 1.165) is 39.8 Å². The maximum atomic E-state index is 15.3. The van der Waals surface area contributed by atoms with Crippen molar-refractivity contribution >= 4 is 0 Å². The number of nitrogens with zero attached hydrogens (tertiary/aromatic N) is 2. The molecule has 0 spiro atoms. The molecule has 0 aliphatic rings. The number of alkyl halides is 3. The maximum Gasteiger partial charge on any atom is 0.416 e. The van der Waals surface area contributed by atoms with Crippen molar-refractivity contribution in [1.82, 2.24) is 9.13 Å². The molecule has 6 nitrogen and oxygen atoms in total. The van der Waals surface area contributed by atoms with E-state index in [0.29, 0.717) is 6.07 Å². The first-order valence-corrected chi connectivity index (χ1v) is 13.2. The fourth-order valence-electron chi connectivity index (χ4n) is 4.38. The van der Waals surface area contributed by atoms with Gasteiger partial charge in [0.1, 0.15) is 5.82 Å². The van der Waals surface area contributed by atoms with E-state index in [4.69, 9.17) is 10.5 Å². The Hall–Kier alpha value is -4.25. The lowest BCUT2D eigenvalue weighted by Crippen LogP contribution is -2.43. The van der Waals surface area contributed by atoms with Gasteiger partial charge in [-0.25, -0.2) is 13.6 Å². The minimum absolute atomic E-state index is 0.112. The van der Waals surface area contributed by atoms with Crippen LogP contribution < -0.4 is 21.7 Å². The molecule has 0 saturated heterocycles. The summed E-state index contributed by atoms with van der Waals surface area (Å²) in [5.74, 6) is -2.21. The van der Waals surface area contributed by atoms with Crippen LogP contribution in [0.15, 0.2) is 76.3 Å². The van der Waals surface area contributed by atoms with Gasteiger partial charge in [-0.3, -0.25) is 13.9 Å². The molecule has 0 bridgehead atoms. The molecular formula is C31H32F5N3O3. The summed E-state index contributed by atoms with van der Waals surface area (Å²) in [6, 6.07) is 15.5. The van der Waals surface area contributed by atoms with Crippen LogP contribution in [0.5, 0.6) is 5.75 Å². The van der Waals surface area contributed by atoms with Crippen molar-refractivity contribution in [2.24, 2.45) is 5.73 Å². The number of methoxy groups -OCH3 is 1. The normalized spacial score (nSPS) is 11.2.